The van der Waals surface area contributed by atoms with Crippen LogP contribution in [0.1, 0.15) is 22.5 Å². The van der Waals surface area contributed by atoms with Gasteiger partial charge in [0.1, 0.15) is 16.9 Å². The standard InChI is InChI=1S/C15H14O3/c1-7-5-13(16)18-14-9(3)15-12(6-11(7)14)8(2)10(4)17-15/h5-6H,1-4H3. The van der Waals surface area contributed by atoms with E-state index >= 15 is 0 Å². The number of furan rings is 1. The summed E-state index contributed by atoms with van der Waals surface area (Å²) < 4.78 is 11.1. The van der Waals surface area contributed by atoms with Crippen LogP contribution in [0.5, 0.6) is 0 Å². The Hall–Kier alpha value is -2.03. The number of benzene rings is 1. The fraction of sp³-hybridized carbons (Fsp3) is 0.267. The topological polar surface area (TPSA) is 43.4 Å². The Balaban J connectivity index is 2.64. The van der Waals surface area contributed by atoms with Gasteiger partial charge in [-0.05, 0) is 44.9 Å². The Morgan fingerprint density at radius 1 is 0.833 bits per heavy atom. The molecule has 1 aromatic carbocycles. The minimum Gasteiger partial charge on any atom is -0.461 e. The van der Waals surface area contributed by atoms with E-state index in [2.05, 4.69) is 0 Å². The maximum Gasteiger partial charge on any atom is 0.336 e. The van der Waals surface area contributed by atoms with Crippen molar-refractivity contribution in [2.24, 2.45) is 0 Å². The number of aryl methyl sites for hydroxylation is 4. The molecule has 0 saturated carbocycles. The Kier molecular flexibility index (Phi) is 2.14. The number of rotatable bonds is 0. The first-order valence-corrected chi connectivity index (χ1v) is 5.93. The fourth-order valence-electron chi connectivity index (χ4n) is 2.42. The minimum atomic E-state index is -0.317. The van der Waals surface area contributed by atoms with Gasteiger partial charge in [-0.2, -0.15) is 0 Å². The molecule has 0 radical (unpaired) electrons. The van der Waals surface area contributed by atoms with E-state index in [1.165, 1.54) is 6.07 Å². The van der Waals surface area contributed by atoms with Gasteiger partial charge in [-0.25, -0.2) is 4.79 Å². The Labute approximate surface area is 104 Å². The molecule has 0 atom stereocenters. The molecule has 0 aliphatic carbocycles. The van der Waals surface area contributed by atoms with E-state index in [0.717, 1.165) is 38.8 Å². The second-order valence-corrected chi connectivity index (χ2v) is 4.79. The van der Waals surface area contributed by atoms with Gasteiger partial charge >= 0.3 is 5.63 Å². The lowest BCUT2D eigenvalue weighted by molar-refractivity contribution is 0.551. The molecule has 0 fully saturated rings. The lowest BCUT2D eigenvalue weighted by atomic mass is 10.0. The lowest BCUT2D eigenvalue weighted by Gasteiger charge is -2.04. The molecule has 2 aromatic heterocycles. The second kappa shape index (κ2) is 3.48. The van der Waals surface area contributed by atoms with E-state index in [1.807, 2.05) is 33.8 Å². The predicted octanol–water partition coefficient (Wildman–Crippen LogP) is 3.77. The maximum absolute atomic E-state index is 11.5. The highest BCUT2D eigenvalue weighted by atomic mass is 16.4. The first-order chi connectivity index (χ1) is 8.49. The summed E-state index contributed by atoms with van der Waals surface area (Å²) in [5.41, 5.74) is 4.08. The van der Waals surface area contributed by atoms with Gasteiger partial charge < -0.3 is 8.83 Å². The average molecular weight is 242 g/mol. The molecule has 0 spiro atoms. The Morgan fingerprint density at radius 2 is 1.50 bits per heavy atom. The second-order valence-electron chi connectivity index (χ2n) is 4.79. The molecule has 92 valence electrons. The van der Waals surface area contributed by atoms with E-state index in [1.54, 1.807) is 0 Å². The molecule has 0 amide bonds. The fourth-order valence-corrected chi connectivity index (χ4v) is 2.42. The highest BCUT2D eigenvalue weighted by molar-refractivity contribution is 5.99. The Bertz CT molecular complexity index is 834. The van der Waals surface area contributed by atoms with E-state index < -0.39 is 0 Å². The molecule has 0 aliphatic rings. The summed E-state index contributed by atoms with van der Waals surface area (Å²) in [4.78, 5) is 11.5. The normalized spacial score (nSPS) is 11.6. The monoisotopic (exact) mass is 242 g/mol. The zero-order chi connectivity index (χ0) is 13.0. The van der Waals surface area contributed by atoms with Crippen molar-refractivity contribution < 1.29 is 8.83 Å². The molecular formula is C15H14O3. The SMILES string of the molecule is Cc1oc2c(C)c3oc(=O)cc(C)c3cc2c1C. The molecule has 3 heteroatoms. The van der Waals surface area contributed by atoms with Gasteiger partial charge in [-0.15, -0.1) is 0 Å². The van der Waals surface area contributed by atoms with Crippen LogP contribution in [-0.4, -0.2) is 0 Å². The molecule has 3 nitrogen and oxygen atoms in total. The van der Waals surface area contributed by atoms with Crippen molar-refractivity contribution in [1.82, 2.24) is 0 Å². The third kappa shape index (κ3) is 1.33. The van der Waals surface area contributed by atoms with Crippen molar-refractivity contribution in [3.05, 3.63) is 45.0 Å². The summed E-state index contributed by atoms with van der Waals surface area (Å²) in [6, 6.07) is 3.57. The molecular weight excluding hydrogens is 228 g/mol. The van der Waals surface area contributed by atoms with Crippen LogP contribution >= 0.6 is 0 Å². The van der Waals surface area contributed by atoms with Crippen LogP contribution in [0.25, 0.3) is 21.9 Å². The van der Waals surface area contributed by atoms with Gasteiger partial charge in [0.05, 0.1) is 0 Å². The van der Waals surface area contributed by atoms with Crippen molar-refractivity contribution in [3.63, 3.8) is 0 Å². The van der Waals surface area contributed by atoms with Crippen molar-refractivity contribution in [2.45, 2.75) is 27.7 Å². The number of fused-ring (bicyclic) bond motifs is 2. The molecule has 3 rings (SSSR count). The highest BCUT2D eigenvalue weighted by Crippen LogP contribution is 2.33. The summed E-state index contributed by atoms with van der Waals surface area (Å²) in [5, 5.41) is 2.07. The van der Waals surface area contributed by atoms with Crippen LogP contribution in [-0.2, 0) is 0 Å². The van der Waals surface area contributed by atoms with Gasteiger partial charge in [0.15, 0.2) is 0 Å². The largest absolute Gasteiger partial charge is 0.461 e. The van der Waals surface area contributed by atoms with Crippen molar-refractivity contribution in [3.8, 4) is 0 Å². The summed E-state index contributed by atoms with van der Waals surface area (Å²) in [7, 11) is 0. The summed E-state index contributed by atoms with van der Waals surface area (Å²) >= 11 is 0. The smallest absolute Gasteiger partial charge is 0.336 e. The van der Waals surface area contributed by atoms with E-state index in [4.69, 9.17) is 8.83 Å². The van der Waals surface area contributed by atoms with E-state index in [0.29, 0.717) is 5.58 Å². The van der Waals surface area contributed by atoms with E-state index in [-0.39, 0.29) is 5.63 Å². The minimum absolute atomic E-state index is 0.317. The number of hydrogen-bond donors (Lipinski definition) is 0. The van der Waals surface area contributed by atoms with Crippen LogP contribution in [0.2, 0.25) is 0 Å². The van der Waals surface area contributed by atoms with E-state index in [9.17, 15) is 4.79 Å². The van der Waals surface area contributed by atoms with Crippen LogP contribution in [0.3, 0.4) is 0 Å². The zero-order valence-electron chi connectivity index (χ0n) is 10.9. The highest BCUT2D eigenvalue weighted by Gasteiger charge is 2.15. The van der Waals surface area contributed by atoms with Crippen molar-refractivity contribution in [2.75, 3.05) is 0 Å². The first-order valence-electron chi connectivity index (χ1n) is 5.93. The molecule has 0 unspecified atom stereocenters. The summed E-state index contributed by atoms with van der Waals surface area (Å²) in [6.07, 6.45) is 0. The van der Waals surface area contributed by atoms with Crippen LogP contribution in [0.4, 0.5) is 0 Å². The quantitative estimate of drug-likeness (QED) is 0.563. The van der Waals surface area contributed by atoms with Crippen LogP contribution in [0, 0.1) is 27.7 Å². The van der Waals surface area contributed by atoms with Crippen molar-refractivity contribution in [1.29, 1.82) is 0 Å². The summed E-state index contributed by atoms with van der Waals surface area (Å²) in [6.45, 7) is 7.84. The molecule has 0 aliphatic heterocycles. The first kappa shape index (κ1) is 11.1. The average Bonchev–Trinajstić information content (AvgIpc) is 2.59. The molecule has 3 aromatic rings. The van der Waals surface area contributed by atoms with Gasteiger partial charge in [0.2, 0.25) is 0 Å². The van der Waals surface area contributed by atoms with Crippen LogP contribution < -0.4 is 5.63 Å². The van der Waals surface area contributed by atoms with Crippen LogP contribution in [0.15, 0.2) is 25.8 Å². The molecule has 0 bridgehead atoms. The van der Waals surface area contributed by atoms with Gasteiger partial charge in [-0.3, -0.25) is 0 Å². The van der Waals surface area contributed by atoms with Crippen molar-refractivity contribution >= 4 is 21.9 Å². The predicted molar refractivity (Wildman–Crippen MR) is 71.2 cm³/mol. The molecule has 18 heavy (non-hydrogen) atoms. The summed E-state index contributed by atoms with van der Waals surface area (Å²) in [5.74, 6) is 0.906. The van der Waals surface area contributed by atoms with Gasteiger partial charge in [-0.1, -0.05) is 0 Å². The van der Waals surface area contributed by atoms with Gasteiger partial charge in [0, 0.05) is 22.4 Å². The maximum atomic E-state index is 11.5. The third-order valence-corrected chi connectivity index (χ3v) is 3.61. The lowest BCUT2D eigenvalue weighted by Crippen LogP contribution is -1.99. The molecule has 2 heterocycles. The third-order valence-electron chi connectivity index (χ3n) is 3.61. The number of hydrogen-bond acceptors (Lipinski definition) is 3. The molecule has 0 N–H and O–H groups in total. The molecule has 0 saturated heterocycles. The zero-order valence-corrected chi connectivity index (χ0v) is 10.9. The van der Waals surface area contributed by atoms with Gasteiger partial charge in [0.25, 0.3) is 0 Å². The Morgan fingerprint density at radius 3 is 2.22 bits per heavy atom.